The third-order valence-electron chi connectivity index (χ3n) is 4.26. The third-order valence-corrected chi connectivity index (χ3v) is 5.23. The van der Waals surface area contributed by atoms with Crippen LogP contribution in [0.3, 0.4) is 0 Å². The number of hydrogen-bond donors (Lipinski definition) is 2. The highest BCUT2D eigenvalue weighted by molar-refractivity contribution is 7.16. The molecule has 0 unspecified atom stereocenters. The normalized spacial score (nSPS) is 15.2. The first-order valence-corrected chi connectivity index (χ1v) is 9.03. The van der Waals surface area contributed by atoms with Gasteiger partial charge in [-0.05, 0) is 12.8 Å². The van der Waals surface area contributed by atoms with Crippen LogP contribution in [0.1, 0.15) is 37.0 Å². The summed E-state index contributed by atoms with van der Waals surface area (Å²) in [6.07, 6.45) is 5.13. The number of thiazole rings is 1. The second-order valence-electron chi connectivity index (χ2n) is 6.05. The SMILES string of the molecule is O=C(O)Cc1sc(NC(=O)C2CCCCC2)nc1-c1ccccc1. The largest absolute Gasteiger partial charge is 0.481 e. The number of benzene rings is 1. The third kappa shape index (κ3) is 4.00. The van der Waals surface area contributed by atoms with E-state index in [-0.39, 0.29) is 18.2 Å². The van der Waals surface area contributed by atoms with E-state index in [2.05, 4.69) is 10.3 Å². The molecule has 1 fully saturated rings. The van der Waals surface area contributed by atoms with Crippen LogP contribution < -0.4 is 5.32 Å². The van der Waals surface area contributed by atoms with Gasteiger partial charge in [-0.2, -0.15) is 0 Å². The summed E-state index contributed by atoms with van der Waals surface area (Å²) in [5.74, 6) is -0.850. The predicted octanol–water partition coefficient (Wildman–Crippen LogP) is 3.96. The Morgan fingerprint density at radius 1 is 1.17 bits per heavy atom. The van der Waals surface area contributed by atoms with Gasteiger partial charge in [0.1, 0.15) is 0 Å². The van der Waals surface area contributed by atoms with Crippen LogP contribution in [0.2, 0.25) is 0 Å². The van der Waals surface area contributed by atoms with Gasteiger partial charge in [0.15, 0.2) is 5.13 Å². The highest BCUT2D eigenvalue weighted by atomic mass is 32.1. The molecule has 1 aliphatic rings. The average molecular weight is 344 g/mol. The molecule has 24 heavy (non-hydrogen) atoms. The van der Waals surface area contributed by atoms with E-state index in [1.165, 1.54) is 17.8 Å². The van der Waals surface area contributed by atoms with E-state index in [1.807, 2.05) is 30.3 Å². The number of rotatable bonds is 5. The molecule has 6 heteroatoms. The molecule has 0 saturated heterocycles. The van der Waals surface area contributed by atoms with Gasteiger partial charge < -0.3 is 10.4 Å². The smallest absolute Gasteiger partial charge is 0.308 e. The zero-order valence-corrected chi connectivity index (χ0v) is 14.1. The molecular weight excluding hydrogens is 324 g/mol. The van der Waals surface area contributed by atoms with E-state index in [0.29, 0.717) is 15.7 Å². The Kier molecular flexibility index (Phi) is 5.25. The molecule has 1 aliphatic carbocycles. The number of anilines is 1. The quantitative estimate of drug-likeness (QED) is 0.860. The van der Waals surface area contributed by atoms with Crippen molar-refractivity contribution in [1.29, 1.82) is 0 Å². The monoisotopic (exact) mass is 344 g/mol. The van der Waals surface area contributed by atoms with Crippen LogP contribution in [0.25, 0.3) is 11.3 Å². The molecule has 1 saturated carbocycles. The molecule has 3 rings (SSSR count). The number of carbonyl (C=O) groups excluding carboxylic acids is 1. The summed E-state index contributed by atoms with van der Waals surface area (Å²) in [7, 11) is 0. The first-order chi connectivity index (χ1) is 11.6. The van der Waals surface area contributed by atoms with Gasteiger partial charge in [0, 0.05) is 16.4 Å². The van der Waals surface area contributed by atoms with Gasteiger partial charge in [-0.3, -0.25) is 9.59 Å². The van der Waals surface area contributed by atoms with Crippen LogP contribution >= 0.6 is 11.3 Å². The number of hydrogen-bond acceptors (Lipinski definition) is 4. The van der Waals surface area contributed by atoms with Crippen molar-refractivity contribution in [2.75, 3.05) is 5.32 Å². The van der Waals surface area contributed by atoms with Crippen LogP contribution in [0.4, 0.5) is 5.13 Å². The predicted molar refractivity (Wildman–Crippen MR) is 94.1 cm³/mol. The molecule has 1 aromatic carbocycles. The summed E-state index contributed by atoms with van der Waals surface area (Å²) in [6, 6.07) is 9.47. The molecular formula is C18H20N2O3S. The van der Waals surface area contributed by atoms with E-state index in [0.717, 1.165) is 31.2 Å². The van der Waals surface area contributed by atoms with Gasteiger partial charge in [0.05, 0.1) is 12.1 Å². The fourth-order valence-corrected chi connectivity index (χ4v) is 4.03. The number of aliphatic carboxylic acids is 1. The molecule has 0 radical (unpaired) electrons. The zero-order chi connectivity index (χ0) is 16.9. The maximum absolute atomic E-state index is 12.4. The fourth-order valence-electron chi connectivity index (χ4n) is 3.06. The van der Waals surface area contributed by atoms with Crippen molar-refractivity contribution in [2.24, 2.45) is 5.92 Å². The molecule has 126 valence electrons. The van der Waals surface area contributed by atoms with E-state index >= 15 is 0 Å². The lowest BCUT2D eigenvalue weighted by atomic mass is 9.89. The molecule has 0 spiro atoms. The summed E-state index contributed by atoms with van der Waals surface area (Å²) in [6.45, 7) is 0. The van der Waals surface area contributed by atoms with Gasteiger partial charge in [-0.15, -0.1) is 11.3 Å². The van der Waals surface area contributed by atoms with Gasteiger partial charge in [0.2, 0.25) is 5.91 Å². The molecule has 1 amide bonds. The molecule has 0 atom stereocenters. The minimum absolute atomic E-state index is 0.00457. The molecule has 1 heterocycles. The van der Waals surface area contributed by atoms with Gasteiger partial charge in [0.25, 0.3) is 0 Å². The Morgan fingerprint density at radius 2 is 1.88 bits per heavy atom. The number of aromatic nitrogens is 1. The van der Waals surface area contributed by atoms with Crippen LogP contribution in [0.15, 0.2) is 30.3 Å². The fraction of sp³-hybridized carbons (Fsp3) is 0.389. The molecule has 1 aromatic heterocycles. The summed E-state index contributed by atoms with van der Waals surface area (Å²) >= 11 is 1.25. The Hall–Kier alpha value is -2.21. The molecule has 5 nitrogen and oxygen atoms in total. The van der Waals surface area contributed by atoms with E-state index in [4.69, 9.17) is 5.11 Å². The zero-order valence-electron chi connectivity index (χ0n) is 13.3. The lowest BCUT2D eigenvalue weighted by Crippen LogP contribution is -2.24. The maximum atomic E-state index is 12.4. The minimum atomic E-state index is -0.902. The molecule has 0 bridgehead atoms. The standard InChI is InChI=1S/C18H20N2O3S/c21-15(22)11-14-16(12-7-3-1-4-8-12)19-18(24-14)20-17(23)13-9-5-2-6-10-13/h1,3-4,7-8,13H,2,5-6,9-11H2,(H,21,22)(H,19,20,23). The van der Waals surface area contributed by atoms with Crippen molar-refractivity contribution in [3.05, 3.63) is 35.2 Å². The number of nitrogens with zero attached hydrogens (tertiary/aromatic N) is 1. The van der Waals surface area contributed by atoms with Crippen molar-refractivity contribution >= 4 is 28.3 Å². The van der Waals surface area contributed by atoms with E-state index < -0.39 is 5.97 Å². The van der Waals surface area contributed by atoms with Crippen molar-refractivity contribution in [2.45, 2.75) is 38.5 Å². The molecule has 2 N–H and O–H groups in total. The second kappa shape index (κ2) is 7.57. The van der Waals surface area contributed by atoms with Crippen LogP contribution in [0.5, 0.6) is 0 Å². The number of carboxylic acids is 1. The number of nitrogens with one attached hydrogen (secondary N) is 1. The van der Waals surface area contributed by atoms with Gasteiger partial charge >= 0.3 is 5.97 Å². The van der Waals surface area contributed by atoms with Crippen molar-refractivity contribution in [3.63, 3.8) is 0 Å². The Bertz CT molecular complexity index is 721. The average Bonchev–Trinajstić information content (AvgIpc) is 2.98. The Labute approximate surface area is 144 Å². The summed E-state index contributed by atoms with van der Waals surface area (Å²) in [5, 5.41) is 12.5. The van der Waals surface area contributed by atoms with Crippen LogP contribution in [-0.4, -0.2) is 22.0 Å². The van der Waals surface area contributed by atoms with Crippen molar-refractivity contribution < 1.29 is 14.7 Å². The lowest BCUT2D eigenvalue weighted by Gasteiger charge is -2.19. The number of amides is 1. The van der Waals surface area contributed by atoms with Crippen LogP contribution in [-0.2, 0) is 16.0 Å². The van der Waals surface area contributed by atoms with Crippen molar-refractivity contribution in [1.82, 2.24) is 4.98 Å². The number of carbonyl (C=O) groups is 2. The molecule has 2 aromatic rings. The second-order valence-corrected chi connectivity index (χ2v) is 7.14. The summed E-state index contributed by atoms with van der Waals surface area (Å²) in [5.41, 5.74) is 1.50. The van der Waals surface area contributed by atoms with Crippen LogP contribution in [0, 0.1) is 5.92 Å². The Morgan fingerprint density at radius 3 is 2.54 bits per heavy atom. The van der Waals surface area contributed by atoms with Gasteiger partial charge in [-0.1, -0.05) is 49.6 Å². The summed E-state index contributed by atoms with van der Waals surface area (Å²) < 4.78 is 0. The summed E-state index contributed by atoms with van der Waals surface area (Å²) in [4.78, 5) is 28.7. The van der Waals surface area contributed by atoms with E-state index in [1.54, 1.807) is 0 Å². The lowest BCUT2D eigenvalue weighted by molar-refractivity contribution is -0.136. The molecule has 0 aliphatic heterocycles. The topological polar surface area (TPSA) is 79.3 Å². The highest BCUT2D eigenvalue weighted by Crippen LogP contribution is 2.32. The number of carboxylic acid groups (broad SMARTS) is 1. The minimum Gasteiger partial charge on any atom is -0.481 e. The highest BCUT2D eigenvalue weighted by Gasteiger charge is 2.23. The first-order valence-electron chi connectivity index (χ1n) is 8.21. The van der Waals surface area contributed by atoms with Crippen molar-refractivity contribution in [3.8, 4) is 11.3 Å². The first kappa shape index (κ1) is 16.6. The maximum Gasteiger partial charge on any atom is 0.308 e. The van der Waals surface area contributed by atoms with E-state index in [9.17, 15) is 9.59 Å². The Balaban J connectivity index is 1.82. The van der Waals surface area contributed by atoms with Gasteiger partial charge in [-0.25, -0.2) is 4.98 Å².